The number of aromatic nitrogens is 2. The monoisotopic (exact) mass is 522 g/mol. The first-order chi connectivity index (χ1) is 14.6. The second-order valence-corrected chi connectivity index (χ2v) is 8.24. The Morgan fingerprint density at radius 1 is 0.800 bits per heavy atom. The van der Waals surface area contributed by atoms with Gasteiger partial charge in [0.1, 0.15) is 5.75 Å². The number of rotatable bonds is 5. The molecule has 0 aliphatic rings. The number of anilines is 1. The smallest absolute Gasteiger partial charge is 0.244 e. The Bertz CT molecular complexity index is 1190. The first-order valence-corrected chi connectivity index (χ1v) is 10.6. The van der Waals surface area contributed by atoms with Crippen molar-refractivity contribution in [2.75, 3.05) is 5.43 Å². The highest BCUT2D eigenvalue weighted by atomic mass is 79.9. The molecule has 0 saturated heterocycles. The summed E-state index contributed by atoms with van der Waals surface area (Å²) in [6.45, 7) is 0. The summed E-state index contributed by atoms with van der Waals surface area (Å²) in [6.07, 6.45) is 1.70. The van der Waals surface area contributed by atoms with Gasteiger partial charge >= 0.3 is 0 Å². The maximum Gasteiger partial charge on any atom is 0.244 e. The molecule has 4 aromatic rings. The van der Waals surface area contributed by atoms with E-state index >= 15 is 0 Å². The van der Waals surface area contributed by atoms with E-state index in [1.54, 1.807) is 18.3 Å². The number of nitrogens with zero attached hydrogens (tertiary/aromatic N) is 3. The lowest BCUT2D eigenvalue weighted by molar-refractivity contribution is 0.477. The Morgan fingerprint density at radius 2 is 1.43 bits per heavy atom. The van der Waals surface area contributed by atoms with Gasteiger partial charge in [-0.1, -0.05) is 68.3 Å². The highest BCUT2D eigenvalue weighted by Gasteiger charge is 2.11. The summed E-state index contributed by atoms with van der Waals surface area (Å²) < 4.78 is 1.99. The van der Waals surface area contributed by atoms with Crippen LogP contribution in [0.15, 0.2) is 92.9 Å². The lowest BCUT2D eigenvalue weighted by Crippen LogP contribution is -2.00. The van der Waals surface area contributed by atoms with Gasteiger partial charge in [0.15, 0.2) is 0 Å². The molecule has 0 saturated carbocycles. The van der Waals surface area contributed by atoms with Gasteiger partial charge in [-0.2, -0.15) is 5.10 Å². The van der Waals surface area contributed by atoms with Crippen molar-refractivity contribution in [3.05, 3.63) is 93.4 Å². The molecule has 7 heteroatoms. The molecule has 0 radical (unpaired) electrons. The first-order valence-electron chi connectivity index (χ1n) is 9.06. The highest BCUT2D eigenvalue weighted by Crippen LogP contribution is 2.31. The molecule has 30 heavy (non-hydrogen) atoms. The van der Waals surface area contributed by atoms with Gasteiger partial charge in [-0.25, -0.2) is 15.4 Å². The molecule has 1 aromatic heterocycles. The first kappa shape index (κ1) is 20.3. The van der Waals surface area contributed by atoms with Crippen molar-refractivity contribution >= 4 is 44.0 Å². The van der Waals surface area contributed by atoms with Gasteiger partial charge in [0, 0.05) is 20.1 Å². The van der Waals surface area contributed by atoms with E-state index in [0.29, 0.717) is 17.2 Å². The van der Waals surface area contributed by atoms with E-state index in [1.165, 1.54) is 0 Å². The quantitative estimate of drug-likeness (QED) is 0.232. The van der Waals surface area contributed by atoms with Crippen molar-refractivity contribution < 1.29 is 5.11 Å². The number of aromatic hydroxyl groups is 1. The summed E-state index contributed by atoms with van der Waals surface area (Å²) in [4.78, 5) is 9.13. The van der Waals surface area contributed by atoms with Crippen LogP contribution in [0.5, 0.6) is 5.75 Å². The molecule has 2 N–H and O–H groups in total. The van der Waals surface area contributed by atoms with Crippen LogP contribution in [0.1, 0.15) is 5.56 Å². The third-order valence-corrected chi connectivity index (χ3v) is 5.35. The van der Waals surface area contributed by atoms with Gasteiger partial charge < -0.3 is 5.11 Å². The van der Waals surface area contributed by atoms with Crippen LogP contribution in [0, 0.1) is 0 Å². The average Bonchev–Trinajstić information content (AvgIpc) is 2.76. The van der Waals surface area contributed by atoms with Crippen LogP contribution >= 0.6 is 31.9 Å². The van der Waals surface area contributed by atoms with Crippen molar-refractivity contribution in [3.63, 3.8) is 0 Å². The number of hydrogen-bond donors (Lipinski definition) is 2. The molecule has 3 aromatic carbocycles. The molecule has 0 bridgehead atoms. The van der Waals surface area contributed by atoms with Gasteiger partial charge in [-0.05, 0) is 48.0 Å². The molecule has 5 nitrogen and oxygen atoms in total. The lowest BCUT2D eigenvalue weighted by Gasteiger charge is -2.09. The van der Waals surface area contributed by atoms with Crippen molar-refractivity contribution in [2.24, 2.45) is 5.10 Å². The molecule has 148 valence electrons. The van der Waals surface area contributed by atoms with Gasteiger partial charge in [0.2, 0.25) is 5.95 Å². The normalized spacial score (nSPS) is 11.0. The number of phenols is 1. The number of benzene rings is 3. The molecule has 4 rings (SSSR count). The van der Waals surface area contributed by atoms with Gasteiger partial charge in [-0.3, -0.25) is 0 Å². The predicted octanol–water partition coefficient (Wildman–Crippen LogP) is 6.49. The minimum atomic E-state index is 0.155. The van der Waals surface area contributed by atoms with Crippen LogP contribution < -0.4 is 5.43 Å². The van der Waals surface area contributed by atoms with E-state index in [9.17, 15) is 5.11 Å². The standard InChI is InChI=1S/C23H16Br2N4O/c24-17-9-5-15(6-10-17)14-26-29-23-27-20(16-7-11-18(25)12-8-16)13-21(28-23)19-3-1-2-4-22(19)30/h1-14,30H,(H,27,28,29)/b26-14+. The van der Waals surface area contributed by atoms with Crippen molar-refractivity contribution in [1.29, 1.82) is 0 Å². The zero-order chi connectivity index (χ0) is 20.9. The van der Waals surface area contributed by atoms with Crippen LogP contribution in [0.25, 0.3) is 22.5 Å². The van der Waals surface area contributed by atoms with E-state index in [0.717, 1.165) is 25.8 Å². The molecule has 0 aliphatic heterocycles. The van der Waals surface area contributed by atoms with E-state index in [2.05, 4.69) is 52.4 Å². The largest absolute Gasteiger partial charge is 0.507 e. The average molecular weight is 524 g/mol. The number of halogens is 2. The fraction of sp³-hybridized carbons (Fsp3) is 0. The minimum absolute atomic E-state index is 0.155. The third kappa shape index (κ3) is 4.93. The third-order valence-electron chi connectivity index (χ3n) is 4.29. The summed E-state index contributed by atoms with van der Waals surface area (Å²) in [6, 6.07) is 24.6. The maximum absolute atomic E-state index is 10.3. The molecule has 0 amide bonds. The molecular formula is C23H16Br2N4O. The SMILES string of the molecule is Oc1ccccc1-c1cc(-c2ccc(Br)cc2)nc(N/N=C/c2ccc(Br)cc2)n1. The Morgan fingerprint density at radius 3 is 2.13 bits per heavy atom. The predicted molar refractivity (Wildman–Crippen MR) is 128 cm³/mol. The van der Waals surface area contributed by atoms with Crippen molar-refractivity contribution in [2.45, 2.75) is 0 Å². The van der Waals surface area contributed by atoms with E-state index in [-0.39, 0.29) is 5.75 Å². The molecule has 1 heterocycles. The molecular weight excluding hydrogens is 508 g/mol. The van der Waals surface area contributed by atoms with Gasteiger partial charge in [0.05, 0.1) is 17.6 Å². The van der Waals surface area contributed by atoms with E-state index < -0.39 is 0 Å². The zero-order valence-corrected chi connectivity index (χ0v) is 18.8. The number of hydrazone groups is 1. The van der Waals surface area contributed by atoms with Crippen molar-refractivity contribution in [1.82, 2.24) is 9.97 Å². The van der Waals surface area contributed by atoms with E-state index in [4.69, 9.17) is 0 Å². The number of phenolic OH excluding ortho intramolecular Hbond substituents is 1. The number of nitrogens with one attached hydrogen (secondary N) is 1. The molecule has 0 spiro atoms. The summed E-state index contributed by atoms with van der Waals surface area (Å²) in [5, 5.41) is 14.5. The number of hydrogen-bond acceptors (Lipinski definition) is 5. The molecule has 0 fully saturated rings. The van der Waals surface area contributed by atoms with Crippen LogP contribution in [-0.2, 0) is 0 Å². The van der Waals surface area contributed by atoms with E-state index in [1.807, 2.05) is 66.7 Å². The Kier molecular flexibility index (Phi) is 6.21. The Labute approximate surface area is 190 Å². The maximum atomic E-state index is 10.3. The number of para-hydroxylation sites is 1. The summed E-state index contributed by atoms with van der Waals surface area (Å²) in [7, 11) is 0. The second-order valence-electron chi connectivity index (χ2n) is 6.41. The second kappa shape index (κ2) is 9.19. The molecule has 0 unspecified atom stereocenters. The van der Waals surface area contributed by atoms with Crippen LogP contribution in [0.4, 0.5) is 5.95 Å². The van der Waals surface area contributed by atoms with Gasteiger partial charge in [0.25, 0.3) is 0 Å². The summed E-state index contributed by atoms with van der Waals surface area (Å²) >= 11 is 6.87. The topological polar surface area (TPSA) is 70.4 Å². The van der Waals surface area contributed by atoms with Crippen molar-refractivity contribution in [3.8, 4) is 28.3 Å². The fourth-order valence-electron chi connectivity index (χ4n) is 2.81. The van der Waals surface area contributed by atoms with Gasteiger partial charge in [-0.15, -0.1) is 0 Å². The Hall–Kier alpha value is -3.03. The highest BCUT2D eigenvalue weighted by molar-refractivity contribution is 9.10. The molecule has 0 aliphatic carbocycles. The fourth-order valence-corrected chi connectivity index (χ4v) is 3.34. The lowest BCUT2D eigenvalue weighted by atomic mass is 10.1. The Balaban J connectivity index is 1.70. The van der Waals surface area contributed by atoms with Crippen LogP contribution in [0.3, 0.4) is 0 Å². The summed E-state index contributed by atoms with van der Waals surface area (Å²) in [5.74, 6) is 0.490. The van der Waals surface area contributed by atoms with Crippen LogP contribution in [0.2, 0.25) is 0 Å². The van der Waals surface area contributed by atoms with Crippen LogP contribution in [-0.4, -0.2) is 21.3 Å². The zero-order valence-electron chi connectivity index (χ0n) is 15.6. The molecule has 0 atom stereocenters. The minimum Gasteiger partial charge on any atom is -0.507 e. The summed E-state index contributed by atoms with van der Waals surface area (Å²) in [5.41, 5.74) is 6.71.